The van der Waals surface area contributed by atoms with Crippen molar-refractivity contribution in [2.45, 2.75) is 57.0 Å². The van der Waals surface area contributed by atoms with E-state index in [-0.39, 0.29) is 11.1 Å². The van der Waals surface area contributed by atoms with E-state index in [1.165, 1.54) is 0 Å². The first-order chi connectivity index (χ1) is 4.81. The molecule has 0 spiro atoms. The molecule has 0 amide bonds. The Hall–Kier alpha value is 0.250. The van der Waals surface area contributed by atoms with Crippen molar-refractivity contribution < 1.29 is 0 Å². The normalized spacial score (nSPS) is 30.3. The summed E-state index contributed by atoms with van der Waals surface area (Å²) in [5, 5.41) is 3.91. The van der Waals surface area contributed by atoms with E-state index in [1.807, 2.05) is 0 Å². The number of halogens is 1. The maximum Gasteiger partial charge on any atom is 0.0370 e. The van der Waals surface area contributed by atoms with E-state index in [1.54, 1.807) is 0 Å². The zero-order valence-corrected chi connectivity index (χ0v) is 8.63. The molecule has 1 aliphatic rings. The van der Waals surface area contributed by atoms with Gasteiger partial charge in [0.1, 0.15) is 0 Å². The van der Waals surface area contributed by atoms with Crippen LogP contribution in [0.2, 0.25) is 0 Å². The molecule has 1 rings (SSSR count). The lowest BCUT2D eigenvalue weighted by molar-refractivity contribution is 0.186. The van der Waals surface area contributed by atoms with Gasteiger partial charge in [-0.05, 0) is 40.5 Å². The van der Waals surface area contributed by atoms with Crippen molar-refractivity contribution in [3.05, 3.63) is 0 Å². The third kappa shape index (κ3) is 2.64. The van der Waals surface area contributed by atoms with Crippen LogP contribution in [0.4, 0.5) is 0 Å². The molecule has 0 aliphatic carbocycles. The minimum atomic E-state index is 0.203. The monoisotopic (exact) mass is 175 g/mol. The van der Waals surface area contributed by atoms with Gasteiger partial charge in [-0.25, -0.2) is 0 Å². The van der Waals surface area contributed by atoms with Crippen LogP contribution in [0.5, 0.6) is 0 Å². The van der Waals surface area contributed by atoms with Crippen LogP contribution >= 0.6 is 11.6 Å². The Morgan fingerprint density at radius 1 is 1.09 bits per heavy atom. The third-order valence-electron chi connectivity index (χ3n) is 2.14. The Kier molecular flexibility index (Phi) is 2.24. The van der Waals surface area contributed by atoms with Gasteiger partial charge in [0, 0.05) is 16.5 Å². The van der Waals surface area contributed by atoms with Gasteiger partial charge in [0.15, 0.2) is 0 Å². The fraction of sp³-hybridized carbons (Fsp3) is 1.00. The van der Waals surface area contributed by atoms with Crippen LogP contribution in [0.15, 0.2) is 0 Å². The van der Waals surface area contributed by atoms with E-state index >= 15 is 0 Å². The Bertz CT molecular complexity index is 136. The van der Waals surface area contributed by atoms with Gasteiger partial charge in [0.05, 0.1) is 0 Å². The molecule has 0 bridgehead atoms. The van der Waals surface area contributed by atoms with Gasteiger partial charge in [-0.3, -0.25) is 0 Å². The fourth-order valence-corrected chi connectivity index (χ4v) is 2.97. The average molecular weight is 176 g/mol. The summed E-state index contributed by atoms with van der Waals surface area (Å²) in [5.41, 5.74) is 0.405. The van der Waals surface area contributed by atoms with Gasteiger partial charge in [-0.15, -0.1) is 11.6 Å². The van der Waals surface area contributed by atoms with E-state index in [0.717, 1.165) is 12.8 Å². The van der Waals surface area contributed by atoms with Crippen molar-refractivity contribution >= 4 is 11.6 Å². The minimum absolute atomic E-state index is 0.203. The molecular formula is C9H18ClN. The van der Waals surface area contributed by atoms with Crippen LogP contribution in [0.1, 0.15) is 40.5 Å². The number of piperidine rings is 1. The predicted octanol–water partition coefficient (Wildman–Crippen LogP) is 2.53. The van der Waals surface area contributed by atoms with Crippen LogP contribution in [-0.2, 0) is 0 Å². The summed E-state index contributed by atoms with van der Waals surface area (Å²) in [6.07, 6.45) is 2.13. The van der Waals surface area contributed by atoms with Crippen molar-refractivity contribution in [3.8, 4) is 0 Å². The van der Waals surface area contributed by atoms with Crippen molar-refractivity contribution in [2.75, 3.05) is 0 Å². The molecule has 1 saturated heterocycles. The second kappa shape index (κ2) is 2.63. The van der Waals surface area contributed by atoms with Crippen molar-refractivity contribution in [1.29, 1.82) is 0 Å². The number of hydrogen-bond donors (Lipinski definition) is 1. The molecule has 0 atom stereocenters. The van der Waals surface area contributed by atoms with E-state index in [0.29, 0.717) is 5.38 Å². The Morgan fingerprint density at radius 2 is 1.45 bits per heavy atom. The molecule has 0 aromatic heterocycles. The quantitative estimate of drug-likeness (QED) is 0.558. The second-order valence-corrected chi connectivity index (χ2v) is 5.52. The van der Waals surface area contributed by atoms with Crippen molar-refractivity contribution in [3.63, 3.8) is 0 Å². The maximum atomic E-state index is 6.15. The van der Waals surface area contributed by atoms with Gasteiger partial charge >= 0.3 is 0 Å². The van der Waals surface area contributed by atoms with E-state index in [4.69, 9.17) is 11.6 Å². The molecule has 11 heavy (non-hydrogen) atoms. The molecule has 1 heterocycles. The predicted molar refractivity (Wildman–Crippen MR) is 50.2 cm³/mol. The Morgan fingerprint density at radius 3 is 1.73 bits per heavy atom. The zero-order valence-electron chi connectivity index (χ0n) is 7.87. The van der Waals surface area contributed by atoms with Crippen LogP contribution < -0.4 is 5.32 Å². The van der Waals surface area contributed by atoms with E-state index in [9.17, 15) is 0 Å². The Labute approximate surface area is 74.5 Å². The lowest BCUT2D eigenvalue weighted by Crippen LogP contribution is -2.58. The summed E-state index contributed by atoms with van der Waals surface area (Å²) in [7, 11) is 0. The molecule has 1 N–H and O–H groups in total. The number of nitrogens with one attached hydrogen (secondary N) is 1. The molecule has 0 saturated carbocycles. The highest BCUT2D eigenvalue weighted by atomic mass is 35.5. The number of alkyl halides is 1. The third-order valence-corrected chi connectivity index (χ3v) is 2.45. The summed E-state index contributed by atoms with van der Waals surface area (Å²) in [4.78, 5) is 0. The molecule has 2 heteroatoms. The molecule has 1 aliphatic heterocycles. The maximum absolute atomic E-state index is 6.15. The highest BCUT2D eigenvalue weighted by Gasteiger charge is 2.36. The van der Waals surface area contributed by atoms with E-state index < -0.39 is 0 Å². The summed E-state index contributed by atoms with van der Waals surface area (Å²) in [6, 6.07) is 0. The highest BCUT2D eigenvalue weighted by molar-refractivity contribution is 6.20. The molecule has 0 radical (unpaired) electrons. The van der Waals surface area contributed by atoms with Gasteiger partial charge in [0.25, 0.3) is 0 Å². The van der Waals surface area contributed by atoms with Crippen molar-refractivity contribution in [1.82, 2.24) is 5.32 Å². The van der Waals surface area contributed by atoms with Gasteiger partial charge in [-0.1, -0.05) is 0 Å². The van der Waals surface area contributed by atoms with Crippen LogP contribution in [0.3, 0.4) is 0 Å². The summed E-state index contributed by atoms with van der Waals surface area (Å²) in [5.74, 6) is 0. The molecule has 0 aromatic carbocycles. The molecule has 0 aromatic rings. The topological polar surface area (TPSA) is 12.0 Å². The smallest absolute Gasteiger partial charge is 0.0370 e. The summed E-state index contributed by atoms with van der Waals surface area (Å²) < 4.78 is 0. The number of hydrogen-bond acceptors (Lipinski definition) is 1. The Balaban J connectivity index is 2.66. The first-order valence-corrected chi connectivity index (χ1v) is 4.68. The zero-order chi connectivity index (χ0) is 8.70. The molecule has 66 valence electrons. The standard InChI is InChI=1S/C9H18ClN/c1-8(2)5-7(10)6-9(3,4)11-8/h7,11H,5-6H2,1-4H3. The largest absolute Gasteiger partial charge is 0.307 e. The lowest BCUT2D eigenvalue weighted by atomic mass is 9.82. The van der Waals surface area contributed by atoms with Gasteiger partial charge in [-0.2, -0.15) is 0 Å². The SMILES string of the molecule is CC1(C)CC(Cl)CC(C)(C)N1. The van der Waals surface area contributed by atoms with Crippen LogP contribution in [0, 0.1) is 0 Å². The van der Waals surface area contributed by atoms with Crippen LogP contribution in [0.25, 0.3) is 0 Å². The summed E-state index contributed by atoms with van der Waals surface area (Å²) >= 11 is 6.15. The molecular weight excluding hydrogens is 158 g/mol. The van der Waals surface area contributed by atoms with E-state index in [2.05, 4.69) is 33.0 Å². The molecule has 0 unspecified atom stereocenters. The van der Waals surface area contributed by atoms with Gasteiger partial charge in [0.2, 0.25) is 0 Å². The average Bonchev–Trinajstić information content (AvgIpc) is 1.49. The number of rotatable bonds is 0. The van der Waals surface area contributed by atoms with Crippen molar-refractivity contribution in [2.24, 2.45) is 0 Å². The fourth-order valence-electron chi connectivity index (χ4n) is 2.20. The molecule has 1 nitrogen and oxygen atoms in total. The summed E-state index contributed by atoms with van der Waals surface area (Å²) in [6.45, 7) is 8.85. The minimum Gasteiger partial charge on any atom is -0.307 e. The van der Waals surface area contributed by atoms with Crippen LogP contribution in [-0.4, -0.2) is 16.5 Å². The molecule has 1 fully saturated rings. The highest BCUT2D eigenvalue weighted by Crippen LogP contribution is 2.31. The second-order valence-electron chi connectivity index (χ2n) is 4.90. The van der Waals surface area contributed by atoms with Gasteiger partial charge < -0.3 is 5.32 Å². The first kappa shape index (κ1) is 9.34. The first-order valence-electron chi connectivity index (χ1n) is 4.24. The lowest BCUT2D eigenvalue weighted by Gasteiger charge is -2.44.